The van der Waals surface area contributed by atoms with Crippen molar-refractivity contribution in [3.8, 4) is 22.6 Å². The van der Waals surface area contributed by atoms with Gasteiger partial charge in [-0.15, -0.1) is 0 Å². The highest BCUT2D eigenvalue weighted by Crippen LogP contribution is 2.31. The van der Waals surface area contributed by atoms with Crippen molar-refractivity contribution >= 4 is 28.6 Å². The van der Waals surface area contributed by atoms with E-state index in [-0.39, 0.29) is 28.5 Å². The number of aromatic nitrogens is 3. The van der Waals surface area contributed by atoms with Crippen LogP contribution in [0, 0.1) is 18.7 Å². The molecule has 0 radical (unpaired) electrons. The second-order valence-corrected chi connectivity index (χ2v) is 10.5. The van der Waals surface area contributed by atoms with Gasteiger partial charge in [0.15, 0.2) is 5.65 Å². The summed E-state index contributed by atoms with van der Waals surface area (Å²) in [4.78, 5) is 36.1. The van der Waals surface area contributed by atoms with Gasteiger partial charge >= 0.3 is 5.97 Å². The van der Waals surface area contributed by atoms with Gasteiger partial charge in [0.1, 0.15) is 17.9 Å². The zero-order valence-corrected chi connectivity index (χ0v) is 22.1. The van der Waals surface area contributed by atoms with Gasteiger partial charge < -0.3 is 20.4 Å². The number of likely N-dealkylation sites (N-methyl/N-ethyl adjacent to an activating group) is 1. The van der Waals surface area contributed by atoms with Crippen LogP contribution in [0.1, 0.15) is 17.5 Å². The van der Waals surface area contributed by atoms with Gasteiger partial charge in [0.2, 0.25) is 0 Å². The van der Waals surface area contributed by atoms with Crippen molar-refractivity contribution in [3.63, 3.8) is 0 Å². The molecule has 1 aliphatic heterocycles. The number of phenolic OH excluding ortho intramolecular Hbond substituents is 1. The molecule has 4 aromatic rings. The largest absolute Gasteiger partial charge is 0.508 e. The zero-order valence-electron chi connectivity index (χ0n) is 21.4. The van der Waals surface area contributed by atoms with E-state index in [0.29, 0.717) is 42.2 Å². The first-order chi connectivity index (χ1) is 18.6. The highest BCUT2D eigenvalue weighted by atomic mass is 35.5. The normalized spacial score (nSPS) is 17.3. The molecule has 2 aromatic carbocycles. The first-order valence-electron chi connectivity index (χ1n) is 12.4. The topological polar surface area (TPSA) is 121 Å². The molecule has 5 rings (SSSR count). The molecule has 0 saturated carbocycles. The van der Waals surface area contributed by atoms with Gasteiger partial charge in [0.05, 0.1) is 17.0 Å². The van der Waals surface area contributed by atoms with Gasteiger partial charge in [-0.2, -0.15) is 0 Å². The number of rotatable bonds is 7. The van der Waals surface area contributed by atoms with Gasteiger partial charge in [-0.25, -0.2) is 14.4 Å². The molecule has 202 valence electrons. The molecule has 1 unspecified atom stereocenters. The molecular formula is C28H27ClFN5O4. The number of pyridine rings is 1. The molecular weight excluding hydrogens is 525 g/mol. The van der Waals surface area contributed by atoms with E-state index in [1.807, 2.05) is 31.0 Å². The molecule has 1 fully saturated rings. The van der Waals surface area contributed by atoms with Gasteiger partial charge in [-0.3, -0.25) is 14.2 Å². The second kappa shape index (κ2) is 10.7. The number of benzene rings is 2. The summed E-state index contributed by atoms with van der Waals surface area (Å²) >= 11 is 6.37. The lowest BCUT2D eigenvalue weighted by Gasteiger charge is -2.23. The summed E-state index contributed by atoms with van der Waals surface area (Å²) in [6.45, 7) is 3.21. The number of carboxylic acids is 1. The smallest absolute Gasteiger partial charge is 0.307 e. The van der Waals surface area contributed by atoms with Gasteiger partial charge in [0, 0.05) is 54.6 Å². The Labute approximate surface area is 228 Å². The third-order valence-corrected chi connectivity index (χ3v) is 7.14. The summed E-state index contributed by atoms with van der Waals surface area (Å²) in [5, 5.41) is 23.3. The third-order valence-electron chi connectivity index (χ3n) is 6.92. The SMILES string of the molecule is Cc1cc(Cl)cc(-c2cnc3ncn(-c4cc(O)cc(F)c4)c(=O)c3c2CN(C)C[C@@H]2CC(C(=O)O)CN2)c1. The van der Waals surface area contributed by atoms with Crippen LogP contribution in [-0.4, -0.2) is 61.8 Å². The molecule has 9 nitrogen and oxygen atoms in total. The lowest BCUT2D eigenvalue weighted by atomic mass is 9.97. The summed E-state index contributed by atoms with van der Waals surface area (Å²) in [5.41, 5.74) is 2.96. The number of hydrogen-bond acceptors (Lipinski definition) is 7. The van der Waals surface area contributed by atoms with Gasteiger partial charge in [0.25, 0.3) is 5.56 Å². The monoisotopic (exact) mass is 551 g/mol. The standard InChI is InChI=1S/C28H27ClFN5O4/c1-15-3-16(5-18(29)4-15)23-11-32-26-25(24(23)13-34(2)12-20-6-17(10-31-20)28(38)39)27(37)35(14-33-26)21-7-19(30)8-22(36)9-21/h3-5,7-9,11,14,17,20,31,36H,6,10,12-13H2,1-2H3,(H,38,39)/t17?,20-/m0/s1. The summed E-state index contributed by atoms with van der Waals surface area (Å²) in [7, 11) is 1.90. The van der Waals surface area contributed by atoms with E-state index in [1.165, 1.54) is 17.0 Å². The molecule has 3 N–H and O–H groups in total. The van der Waals surface area contributed by atoms with Crippen LogP contribution < -0.4 is 10.9 Å². The molecule has 3 heterocycles. The third kappa shape index (κ3) is 5.63. The first kappa shape index (κ1) is 26.7. The molecule has 2 atom stereocenters. The van der Waals surface area contributed by atoms with Crippen molar-refractivity contribution in [1.82, 2.24) is 24.8 Å². The highest BCUT2D eigenvalue weighted by molar-refractivity contribution is 6.31. The van der Waals surface area contributed by atoms with Crippen molar-refractivity contribution in [2.75, 3.05) is 20.1 Å². The number of halogens is 2. The van der Waals surface area contributed by atoms with Crippen LogP contribution in [-0.2, 0) is 11.3 Å². The van der Waals surface area contributed by atoms with Crippen LogP contribution in [0.15, 0.2) is 53.7 Å². The molecule has 0 amide bonds. The Hall–Kier alpha value is -3.86. The fraction of sp³-hybridized carbons (Fsp3) is 0.286. The van der Waals surface area contributed by atoms with Crippen molar-refractivity contribution in [3.05, 3.63) is 81.2 Å². The second-order valence-electron chi connectivity index (χ2n) is 10.0. The van der Waals surface area contributed by atoms with E-state index in [4.69, 9.17) is 11.6 Å². The number of aliphatic carboxylic acids is 1. The van der Waals surface area contributed by atoms with Crippen LogP contribution >= 0.6 is 11.6 Å². The number of hydrogen-bond donors (Lipinski definition) is 3. The Balaban J connectivity index is 1.64. The Morgan fingerprint density at radius 1 is 1.23 bits per heavy atom. The van der Waals surface area contributed by atoms with Crippen LogP contribution in [0.4, 0.5) is 4.39 Å². The molecule has 39 heavy (non-hydrogen) atoms. The van der Waals surface area contributed by atoms with Crippen molar-refractivity contribution < 1.29 is 19.4 Å². The number of aryl methyl sites for hydroxylation is 1. The van der Waals surface area contributed by atoms with Crippen LogP contribution in [0.2, 0.25) is 5.02 Å². The zero-order chi connectivity index (χ0) is 27.8. The molecule has 1 saturated heterocycles. The molecule has 0 bridgehead atoms. The van der Waals surface area contributed by atoms with Crippen molar-refractivity contribution in [2.24, 2.45) is 5.92 Å². The predicted octanol–water partition coefficient (Wildman–Crippen LogP) is 3.75. The Morgan fingerprint density at radius 3 is 2.72 bits per heavy atom. The minimum atomic E-state index is -0.818. The van der Waals surface area contributed by atoms with Crippen LogP contribution in [0.5, 0.6) is 5.75 Å². The van der Waals surface area contributed by atoms with E-state index in [0.717, 1.165) is 23.3 Å². The van der Waals surface area contributed by atoms with Crippen LogP contribution in [0.25, 0.3) is 27.8 Å². The van der Waals surface area contributed by atoms with Crippen molar-refractivity contribution in [2.45, 2.75) is 25.9 Å². The average Bonchev–Trinajstić information content (AvgIpc) is 3.31. The number of nitrogens with zero attached hydrogens (tertiary/aromatic N) is 4. The molecule has 0 spiro atoms. The average molecular weight is 552 g/mol. The van der Waals surface area contributed by atoms with E-state index < -0.39 is 23.3 Å². The highest BCUT2D eigenvalue weighted by Gasteiger charge is 2.30. The quantitative estimate of drug-likeness (QED) is 0.318. The fourth-order valence-corrected chi connectivity index (χ4v) is 5.48. The Bertz CT molecular complexity index is 1600. The minimum absolute atomic E-state index is 0.0221. The van der Waals surface area contributed by atoms with Gasteiger partial charge in [-0.05, 0) is 55.3 Å². The lowest BCUT2D eigenvalue weighted by Crippen LogP contribution is -2.35. The summed E-state index contributed by atoms with van der Waals surface area (Å²) in [5.74, 6) is -2.26. The molecule has 0 aliphatic carbocycles. The number of fused-ring (bicyclic) bond motifs is 1. The Kier molecular flexibility index (Phi) is 7.35. The molecule has 1 aliphatic rings. The number of carbonyl (C=O) groups is 1. The van der Waals surface area contributed by atoms with E-state index in [1.54, 1.807) is 12.3 Å². The fourth-order valence-electron chi connectivity index (χ4n) is 5.19. The maximum absolute atomic E-state index is 14.1. The summed E-state index contributed by atoms with van der Waals surface area (Å²) in [6, 6.07) is 8.95. The minimum Gasteiger partial charge on any atom is -0.508 e. The maximum atomic E-state index is 14.1. The predicted molar refractivity (Wildman–Crippen MR) is 146 cm³/mol. The van der Waals surface area contributed by atoms with E-state index in [9.17, 15) is 24.2 Å². The van der Waals surface area contributed by atoms with E-state index in [2.05, 4.69) is 15.3 Å². The van der Waals surface area contributed by atoms with Gasteiger partial charge in [-0.1, -0.05) is 17.7 Å². The van der Waals surface area contributed by atoms with Crippen molar-refractivity contribution in [1.29, 1.82) is 0 Å². The maximum Gasteiger partial charge on any atom is 0.307 e. The summed E-state index contributed by atoms with van der Waals surface area (Å²) < 4.78 is 15.3. The van der Waals surface area contributed by atoms with E-state index >= 15 is 0 Å². The lowest BCUT2D eigenvalue weighted by molar-refractivity contribution is -0.141. The first-order valence-corrected chi connectivity index (χ1v) is 12.8. The van der Waals surface area contributed by atoms with Crippen LogP contribution in [0.3, 0.4) is 0 Å². The molecule has 2 aromatic heterocycles. The summed E-state index contributed by atoms with van der Waals surface area (Å²) in [6.07, 6.45) is 3.43. The number of aromatic hydroxyl groups is 1. The molecule has 11 heteroatoms. The number of nitrogens with one attached hydrogen (secondary N) is 1. The number of phenols is 1. The Morgan fingerprint density at radius 2 is 2.03 bits per heavy atom. The number of carboxylic acid groups (broad SMARTS) is 1.